The number of hydrogen-bond acceptors (Lipinski definition) is 6. The maximum atomic E-state index is 12.1. The summed E-state index contributed by atoms with van der Waals surface area (Å²) in [6, 6.07) is 5.84. The summed E-state index contributed by atoms with van der Waals surface area (Å²) in [7, 11) is -3.80. The van der Waals surface area contributed by atoms with Gasteiger partial charge in [0, 0.05) is 18.2 Å². The molecule has 3 N–H and O–H groups in total. The molecule has 1 aromatic heterocycles. The van der Waals surface area contributed by atoms with Crippen LogP contribution < -0.4 is 10.5 Å². The minimum absolute atomic E-state index is 0.0437. The average Bonchev–Trinajstić information content (AvgIpc) is 3.32. The van der Waals surface area contributed by atoms with Crippen molar-refractivity contribution in [1.29, 1.82) is 0 Å². The van der Waals surface area contributed by atoms with E-state index in [-0.39, 0.29) is 16.6 Å². The highest BCUT2D eigenvalue weighted by atomic mass is 32.2. The SMILES string of the molecule is CCn1c(SCC(=O)Nc2cccc(S(N)(=O)=O)c2)nnc1C1CC1. The van der Waals surface area contributed by atoms with Gasteiger partial charge < -0.3 is 9.88 Å². The molecule has 2 aromatic rings. The largest absolute Gasteiger partial charge is 0.325 e. The fourth-order valence-corrected chi connectivity index (χ4v) is 3.79. The van der Waals surface area contributed by atoms with Crippen LogP contribution in [0.5, 0.6) is 0 Å². The van der Waals surface area contributed by atoms with E-state index in [1.54, 1.807) is 6.07 Å². The minimum atomic E-state index is -3.80. The average molecular weight is 381 g/mol. The first-order valence-electron chi connectivity index (χ1n) is 7.87. The van der Waals surface area contributed by atoms with Crippen molar-refractivity contribution in [2.75, 3.05) is 11.1 Å². The van der Waals surface area contributed by atoms with Crippen LogP contribution in [0.25, 0.3) is 0 Å². The van der Waals surface area contributed by atoms with Gasteiger partial charge in [0.05, 0.1) is 10.6 Å². The third-order valence-corrected chi connectivity index (χ3v) is 5.66. The number of amides is 1. The summed E-state index contributed by atoms with van der Waals surface area (Å²) in [5.74, 6) is 1.39. The van der Waals surface area contributed by atoms with Gasteiger partial charge in [0.15, 0.2) is 5.16 Å². The van der Waals surface area contributed by atoms with Crippen molar-refractivity contribution in [3.8, 4) is 0 Å². The van der Waals surface area contributed by atoms with E-state index in [0.717, 1.165) is 30.4 Å². The van der Waals surface area contributed by atoms with Crippen LogP contribution in [0.15, 0.2) is 34.3 Å². The smallest absolute Gasteiger partial charge is 0.238 e. The number of thioether (sulfide) groups is 1. The summed E-state index contributed by atoms with van der Waals surface area (Å²) < 4.78 is 24.8. The van der Waals surface area contributed by atoms with Gasteiger partial charge in [0.25, 0.3) is 0 Å². The number of rotatable bonds is 7. The number of anilines is 1. The Hall–Kier alpha value is -1.91. The third-order valence-electron chi connectivity index (χ3n) is 3.78. The Bertz CT molecular complexity index is 890. The summed E-state index contributed by atoms with van der Waals surface area (Å²) in [6.07, 6.45) is 2.29. The summed E-state index contributed by atoms with van der Waals surface area (Å²) in [5.41, 5.74) is 0.382. The normalized spacial score (nSPS) is 14.5. The Morgan fingerprint density at radius 1 is 1.40 bits per heavy atom. The van der Waals surface area contributed by atoms with Gasteiger partial charge in [-0.25, -0.2) is 13.6 Å². The lowest BCUT2D eigenvalue weighted by Crippen LogP contribution is -2.16. The van der Waals surface area contributed by atoms with E-state index in [1.807, 2.05) is 11.5 Å². The Morgan fingerprint density at radius 3 is 2.80 bits per heavy atom. The molecule has 0 spiro atoms. The number of benzene rings is 1. The molecule has 0 radical (unpaired) electrons. The van der Waals surface area contributed by atoms with Gasteiger partial charge in [0.1, 0.15) is 5.82 Å². The quantitative estimate of drug-likeness (QED) is 0.702. The van der Waals surface area contributed by atoms with Gasteiger partial charge in [-0.2, -0.15) is 0 Å². The lowest BCUT2D eigenvalue weighted by atomic mass is 10.3. The van der Waals surface area contributed by atoms with Gasteiger partial charge in [0.2, 0.25) is 15.9 Å². The highest BCUT2D eigenvalue weighted by Crippen LogP contribution is 2.39. The standard InChI is InChI=1S/C15H19N5O3S2/c1-2-20-14(10-6-7-10)18-19-15(20)24-9-13(21)17-11-4-3-5-12(8-11)25(16,22)23/h3-5,8,10H,2,6-7,9H2,1H3,(H,17,21)(H2,16,22,23). The maximum absolute atomic E-state index is 12.1. The fraction of sp³-hybridized carbons (Fsp3) is 0.400. The van der Waals surface area contributed by atoms with Crippen molar-refractivity contribution in [3.05, 3.63) is 30.1 Å². The molecule has 1 amide bonds. The van der Waals surface area contributed by atoms with Crippen LogP contribution in [-0.4, -0.2) is 34.8 Å². The first-order chi connectivity index (χ1) is 11.9. The van der Waals surface area contributed by atoms with Crippen LogP contribution in [0.3, 0.4) is 0 Å². The molecule has 3 rings (SSSR count). The molecule has 0 atom stereocenters. The molecular formula is C15H19N5O3S2. The van der Waals surface area contributed by atoms with Crippen molar-refractivity contribution in [2.24, 2.45) is 5.14 Å². The van der Waals surface area contributed by atoms with E-state index in [2.05, 4.69) is 15.5 Å². The fourth-order valence-electron chi connectivity index (χ4n) is 2.43. The third kappa shape index (κ3) is 4.39. The van der Waals surface area contributed by atoms with Crippen molar-refractivity contribution in [3.63, 3.8) is 0 Å². The summed E-state index contributed by atoms with van der Waals surface area (Å²) in [6.45, 7) is 2.79. The molecule has 8 nitrogen and oxygen atoms in total. The van der Waals surface area contributed by atoms with E-state index in [9.17, 15) is 13.2 Å². The topological polar surface area (TPSA) is 120 Å². The number of nitrogens with two attached hydrogens (primary N) is 1. The molecule has 1 fully saturated rings. The van der Waals surface area contributed by atoms with Gasteiger partial charge in [-0.05, 0) is 38.0 Å². The zero-order valence-electron chi connectivity index (χ0n) is 13.7. The van der Waals surface area contributed by atoms with Crippen molar-refractivity contribution < 1.29 is 13.2 Å². The molecule has 0 saturated heterocycles. The Kier molecular flexibility index (Phi) is 5.11. The predicted octanol–water partition coefficient (Wildman–Crippen LogP) is 1.55. The molecule has 1 aliphatic rings. The van der Waals surface area contributed by atoms with Crippen LogP contribution in [0.2, 0.25) is 0 Å². The number of primary sulfonamides is 1. The van der Waals surface area contributed by atoms with E-state index >= 15 is 0 Å². The monoisotopic (exact) mass is 381 g/mol. The Labute approximate surface area is 150 Å². The van der Waals surface area contributed by atoms with E-state index in [4.69, 9.17) is 5.14 Å². The second-order valence-corrected chi connectivity index (χ2v) is 8.27. The predicted molar refractivity (Wildman–Crippen MR) is 94.8 cm³/mol. The molecule has 0 aliphatic heterocycles. The van der Waals surface area contributed by atoms with Crippen LogP contribution in [0.1, 0.15) is 31.5 Å². The number of hydrogen-bond donors (Lipinski definition) is 2. The molecule has 25 heavy (non-hydrogen) atoms. The lowest BCUT2D eigenvalue weighted by molar-refractivity contribution is -0.113. The van der Waals surface area contributed by atoms with Crippen LogP contribution in [-0.2, 0) is 21.4 Å². The highest BCUT2D eigenvalue weighted by molar-refractivity contribution is 7.99. The highest BCUT2D eigenvalue weighted by Gasteiger charge is 2.30. The number of sulfonamides is 1. The maximum Gasteiger partial charge on any atom is 0.238 e. The zero-order valence-corrected chi connectivity index (χ0v) is 15.3. The number of nitrogens with zero attached hydrogens (tertiary/aromatic N) is 3. The van der Waals surface area contributed by atoms with Crippen LogP contribution >= 0.6 is 11.8 Å². The van der Waals surface area contributed by atoms with Crippen LogP contribution in [0, 0.1) is 0 Å². The number of nitrogens with one attached hydrogen (secondary N) is 1. The summed E-state index contributed by atoms with van der Waals surface area (Å²) in [4.78, 5) is 12.1. The van der Waals surface area contributed by atoms with E-state index in [0.29, 0.717) is 11.6 Å². The molecule has 0 unspecified atom stereocenters. The molecule has 1 aliphatic carbocycles. The Morgan fingerprint density at radius 2 is 2.16 bits per heavy atom. The van der Waals surface area contributed by atoms with Crippen molar-refractivity contribution in [2.45, 2.75) is 42.3 Å². The van der Waals surface area contributed by atoms with Gasteiger partial charge in [-0.3, -0.25) is 4.79 Å². The van der Waals surface area contributed by atoms with Gasteiger partial charge >= 0.3 is 0 Å². The second-order valence-electron chi connectivity index (χ2n) is 5.77. The number of aromatic nitrogens is 3. The van der Waals surface area contributed by atoms with Gasteiger partial charge in [-0.1, -0.05) is 17.8 Å². The summed E-state index contributed by atoms with van der Waals surface area (Å²) in [5, 5.41) is 16.9. The van der Waals surface area contributed by atoms with Crippen LogP contribution in [0.4, 0.5) is 5.69 Å². The molecule has 0 bridgehead atoms. The van der Waals surface area contributed by atoms with Crippen molar-refractivity contribution >= 4 is 33.4 Å². The molecule has 1 heterocycles. The first kappa shape index (κ1) is 17.9. The number of carbonyl (C=O) groups excluding carboxylic acids is 1. The molecule has 10 heteroatoms. The molecule has 1 saturated carbocycles. The Balaban J connectivity index is 1.62. The van der Waals surface area contributed by atoms with Crippen molar-refractivity contribution in [1.82, 2.24) is 14.8 Å². The number of carbonyl (C=O) groups is 1. The first-order valence-corrected chi connectivity index (χ1v) is 10.4. The molecular weight excluding hydrogens is 362 g/mol. The van der Waals surface area contributed by atoms with E-state index < -0.39 is 10.0 Å². The summed E-state index contributed by atoms with van der Waals surface area (Å²) >= 11 is 1.31. The minimum Gasteiger partial charge on any atom is -0.325 e. The van der Waals surface area contributed by atoms with E-state index in [1.165, 1.54) is 30.0 Å². The molecule has 134 valence electrons. The molecule has 1 aromatic carbocycles. The second kappa shape index (κ2) is 7.14. The van der Waals surface area contributed by atoms with Gasteiger partial charge in [-0.15, -0.1) is 10.2 Å². The zero-order chi connectivity index (χ0) is 18.0. The lowest BCUT2D eigenvalue weighted by Gasteiger charge is -2.08.